The van der Waals surface area contributed by atoms with Gasteiger partial charge in [-0.15, -0.1) is 0 Å². The number of rotatable bonds is 2. The molecule has 0 spiro atoms. The highest BCUT2D eigenvalue weighted by Crippen LogP contribution is 2.26. The van der Waals surface area contributed by atoms with Gasteiger partial charge in [-0.05, 0) is 35.9 Å². The second-order valence-corrected chi connectivity index (χ2v) is 5.54. The van der Waals surface area contributed by atoms with Crippen LogP contribution >= 0.6 is 15.9 Å². The molecule has 1 aliphatic rings. The zero-order valence-corrected chi connectivity index (χ0v) is 12.1. The fourth-order valence-electron chi connectivity index (χ4n) is 2.22. The summed E-state index contributed by atoms with van der Waals surface area (Å²) in [5.74, 6) is -0.562. The molecule has 0 saturated heterocycles. The lowest BCUT2D eigenvalue weighted by Gasteiger charge is -2.13. The smallest absolute Gasteiger partial charge is 0.261 e. The van der Waals surface area contributed by atoms with Crippen molar-refractivity contribution in [1.29, 1.82) is 0 Å². The molecule has 0 aliphatic carbocycles. The molecule has 5 heteroatoms. The van der Waals surface area contributed by atoms with Crippen molar-refractivity contribution in [3.05, 3.63) is 63.6 Å². The summed E-state index contributed by atoms with van der Waals surface area (Å²) in [6.45, 7) is 0.263. The molecule has 2 aromatic carbocycles. The first-order valence-corrected chi connectivity index (χ1v) is 6.86. The van der Waals surface area contributed by atoms with Gasteiger partial charge in [0.25, 0.3) is 11.8 Å². The third kappa shape index (κ3) is 2.10. The number of halogens is 1. The number of nitrogens with two attached hydrogens (primary N) is 1. The molecule has 2 N–H and O–H groups in total. The van der Waals surface area contributed by atoms with Crippen LogP contribution in [0.15, 0.2) is 46.9 Å². The molecule has 0 atom stereocenters. The lowest BCUT2D eigenvalue weighted by Crippen LogP contribution is -2.29. The first kappa shape index (κ1) is 12.9. The van der Waals surface area contributed by atoms with Crippen LogP contribution in [0.25, 0.3) is 0 Å². The number of nitrogen functional groups attached to an aromatic ring is 1. The van der Waals surface area contributed by atoms with Gasteiger partial charge in [-0.3, -0.25) is 14.5 Å². The molecule has 20 heavy (non-hydrogen) atoms. The predicted molar refractivity (Wildman–Crippen MR) is 79.2 cm³/mol. The van der Waals surface area contributed by atoms with Crippen LogP contribution in [-0.4, -0.2) is 16.7 Å². The van der Waals surface area contributed by atoms with Crippen molar-refractivity contribution in [2.75, 3.05) is 5.73 Å². The topological polar surface area (TPSA) is 63.4 Å². The summed E-state index contributed by atoms with van der Waals surface area (Å²) in [6.07, 6.45) is 0. The first-order chi connectivity index (χ1) is 9.56. The van der Waals surface area contributed by atoms with Gasteiger partial charge in [-0.25, -0.2) is 0 Å². The molecule has 0 unspecified atom stereocenters. The number of amides is 2. The van der Waals surface area contributed by atoms with Crippen LogP contribution in [0.1, 0.15) is 26.3 Å². The molecule has 0 bridgehead atoms. The molecule has 2 amide bonds. The molecule has 2 aromatic rings. The number of hydrogen-bond acceptors (Lipinski definition) is 3. The van der Waals surface area contributed by atoms with Crippen molar-refractivity contribution in [3.8, 4) is 0 Å². The van der Waals surface area contributed by atoms with Crippen molar-refractivity contribution >= 4 is 33.4 Å². The van der Waals surface area contributed by atoms with E-state index in [9.17, 15) is 9.59 Å². The van der Waals surface area contributed by atoms with E-state index >= 15 is 0 Å². The summed E-state index contributed by atoms with van der Waals surface area (Å²) in [5.41, 5.74) is 7.85. The molecule has 4 nitrogen and oxygen atoms in total. The predicted octanol–water partition coefficient (Wildman–Crippen LogP) is 2.83. The van der Waals surface area contributed by atoms with Gasteiger partial charge in [-0.1, -0.05) is 28.1 Å². The summed E-state index contributed by atoms with van der Waals surface area (Å²) < 4.78 is 0.955. The highest BCUT2D eigenvalue weighted by Gasteiger charge is 2.35. The Labute approximate surface area is 124 Å². The van der Waals surface area contributed by atoms with Gasteiger partial charge in [0.1, 0.15) is 0 Å². The Hall–Kier alpha value is -2.14. The van der Waals surface area contributed by atoms with E-state index in [-0.39, 0.29) is 18.4 Å². The summed E-state index contributed by atoms with van der Waals surface area (Å²) in [6, 6.07) is 12.3. The van der Waals surface area contributed by atoms with Crippen molar-refractivity contribution in [2.24, 2.45) is 0 Å². The summed E-state index contributed by atoms with van der Waals surface area (Å²) in [4.78, 5) is 25.8. The molecule has 1 aliphatic heterocycles. The minimum atomic E-state index is -0.291. The Balaban J connectivity index is 1.91. The van der Waals surface area contributed by atoms with E-state index in [1.54, 1.807) is 18.2 Å². The minimum absolute atomic E-state index is 0.263. The molecule has 100 valence electrons. The van der Waals surface area contributed by atoms with Gasteiger partial charge in [-0.2, -0.15) is 0 Å². The van der Waals surface area contributed by atoms with E-state index in [0.29, 0.717) is 16.8 Å². The van der Waals surface area contributed by atoms with E-state index in [1.165, 1.54) is 4.90 Å². The Kier molecular flexibility index (Phi) is 3.06. The SMILES string of the molecule is Nc1ccc2c(c1)C(=O)N(Cc1ccc(Br)cc1)C2=O. The van der Waals surface area contributed by atoms with Crippen molar-refractivity contribution in [3.63, 3.8) is 0 Å². The molecule has 0 radical (unpaired) electrons. The standard InChI is InChI=1S/C15H11BrN2O2/c16-10-3-1-9(2-4-10)8-18-14(19)12-6-5-11(17)7-13(12)15(18)20/h1-7H,8,17H2. The molecule has 0 fully saturated rings. The van der Waals surface area contributed by atoms with E-state index < -0.39 is 0 Å². The average molecular weight is 331 g/mol. The summed E-state index contributed by atoms with van der Waals surface area (Å²) >= 11 is 3.35. The van der Waals surface area contributed by atoms with Crippen LogP contribution in [0.5, 0.6) is 0 Å². The number of fused-ring (bicyclic) bond motifs is 1. The highest BCUT2D eigenvalue weighted by atomic mass is 79.9. The molecule has 1 heterocycles. The Bertz CT molecular complexity index is 710. The van der Waals surface area contributed by atoms with Gasteiger partial charge in [0.05, 0.1) is 17.7 Å². The summed E-state index contributed by atoms with van der Waals surface area (Å²) in [5, 5.41) is 0. The number of carbonyl (C=O) groups excluding carboxylic acids is 2. The normalized spacial score (nSPS) is 13.8. The Morgan fingerprint density at radius 1 is 0.950 bits per heavy atom. The Morgan fingerprint density at radius 3 is 2.30 bits per heavy atom. The van der Waals surface area contributed by atoms with Crippen molar-refractivity contribution in [2.45, 2.75) is 6.54 Å². The first-order valence-electron chi connectivity index (χ1n) is 6.06. The molecule has 0 aromatic heterocycles. The van der Waals surface area contributed by atoms with Crippen LogP contribution in [0.4, 0.5) is 5.69 Å². The molecular weight excluding hydrogens is 320 g/mol. The van der Waals surface area contributed by atoms with Crippen LogP contribution in [0.3, 0.4) is 0 Å². The third-order valence-corrected chi connectivity index (χ3v) is 3.78. The zero-order valence-electron chi connectivity index (χ0n) is 10.5. The highest BCUT2D eigenvalue weighted by molar-refractivity contribution is 9.10. The third-order valence-electron chi connectivity index (χ3n) is 3.25. The maximum atomic E-state index is 12.3. The van der Waals surface area contributed by atoms with Crippen molar-refractivity contribution < 1.29 is 9.59 Å². The van der Waals surface area contributed by atoms with Crippen molar-refractivity contribution in [1.82, 2.24) is 4.90 Å². The van der Waals surface area contributed by atoms with Gasteiger partial charge in [0, 0.05) is 10.2 Å². The maximum Gasteiger partial charge on any atom is 0.261 e. The average Bonchev–Trinajstić information content (AvgIpc) is 2.66. The fourth-order valence-corrected chi connectivity index (χ4v) is 2.49. The number of benzene rings is 2. The monoisotopic (exact) mass is 330 g/mol. The van der Waals surface area contributed by atoms with Gasteiger partial charge in [0.15, 0.2) is 0 Å². The zero-order chi connectivity index (χ0) is 14.3. The molecule has 3 rings (SSSR count). The van der Waals surface area contributed by atoms with Crippen LogP contribution in [-0.2, 0) is 6.54 Å². The van der Waals surface area contributed by atoms with Gasteiger partial charge < -0.3 is 5.73 Å². The number of nitrogens with zero attached hydrogens (tertiary/aromatic N) is 1. The maximum absolute atomic E-state index is 12.3. The largest absolute Gasteiger partial charge is 0.399 e. The van der Waals surface area contributed by atoms with E-state index in [2.05, 4.69) is 15.9 Å². The lowest BCUT2D eigenvalue weighted by atomic mass is 10.1. The van der Waals surface area contributed by atoms with Crippen LogP contribution in [0.2, 0.25) is 0 Å². The summed E-state index contributed by atoms with van der Waals surface area (Å²) in [7, 11) is 0. The lowest BCUT2D eigenvalue weighted by molar-refractivity contribution is 0.0642. The van der Waals surface area contributed by atoms with E-state index in [1.807, 2.05) is 24.3 Å². The van der Waals surface area contributed by atoms with E-state index in [0.717, 1.165) is 10.0 Å². The van der Waals surface area contributed by atoms with Crippen LogP contribution in [0, 0.1) is 0 Å². The van der Waals surface area contributed by atoms with Gasteiger partial charge in [0.2, 0.25) is 0 Å². The molecular formula is C15H11BrN2O2. The minimum Gasteiger partial charge on any atom is -0.399 e. The number of anilines is 1. The van der Waals surface area contributed by atoms with E-state index in [4.69, 9.17) is 5.73 Å². The second kappa shape index (κ2) is 4.76. The Morgan fingerprint density at radius 2 is 1.60 bits per heavy atom. The number of carbonyl (C=O) groups is 2. The number of imide groups is 1. The second-order valence-electron chi connectivity index (χ2n) is 4.63. The van der Waals surface area contributed by atoms with Gasteiger partial charge >= 0.3 is 0 Å². The molecule has 0 saturated carbocycles. The fraction of sp³-hybridized carbons (Fsp3) is 0.0667. The number of hydrogen-bond donors (Lipinski definition) is 1. The van der Waals surface area contributed by atoms with Crippen LogP contribution < -0.4 is 5.73 Å². The quantitative estimate of drug-likeness (QED) is 0.680.